The second-order valence-corrected chi connectivity index (χ2v) is 7.49. The van der Waals surface area contributed by atoms with Crippen LogP contribution in [0.2, 0.25) is 0 Å². The molecule has 0 atom stereocenters. The molecular weight excluding hydrogens is 366 g/mol. The van der Waals surface area contributed by atoms with Gasteiger partial charge in [0.05, 0.1) is 5.56 Å². The summed E-state index contributed by atoms with van der Waals surface area (Å²) in [4.78, 5) is 27.1. The molecule has 0 radical (unpaired) electrons. The molecule has 6 heteroatoms. The van der Waals surface area contributed by atoms with Gasteiger partial charge in [-0.1, -0.05) is 18.2 Å². The van der Waals surface area contributed by atoms with Crippen LogP contribution >= 0.6 is 0 Å². The lowest BCUT2D eigenvalue weighted by atomic mass is 10.1. The first-order valence-corrected chi connectivity index (χ1v) is 9.89. The van der Waals surface area contributed by atoms with Crippen LogP contribution in [-0.4, -0.2) is 36.1 Å². The Labute approximate surface area is 170 Å². The van der Waals surface area contributed by atoms with E-state index in [1.807, 2.05) is 61.0 Å². The van der Waals surface area contributed by atoms with Crippen molar-refractivity contribution in [2.75, 3.05) is 29.9 Å². The minimum Gasteiger partial charge on any atom is -0.452 e. The van der Waals surface area contributed by atoms with Crippen LogP contribution in [-0.2, 0) is 16.6 Å². The van der Waals surface area contributed by atoms with Gasteiger partial charge in [0, 0.05) is 48.6 Å². The van der Waals surface area contributed by atoms with E-state index in [1.54, 1.807) is 6.20 Å². The summed E-state index contributed by atoms with van der Waals surface area (Å²) < 4.78 is 7.12. The first-order valence-electron chi connectivity index (χ1n) is 9.89. The van der Waals surface area contributed by atoms with Crippen LogP contribution in [0.3, 0.4) is 0 Å². The van der Waals surface area contributed by atoms with E-state index in [0.717, 1.165) is 29.6 Å². The van der Waals surface area contributed by atoms with Gasteiger partial charge in [-0.15, -0.1) is 0 Å². The molecule has 1 fully saturated rings. The first kappa shape index (κ1) is 19.1. The van der Waals surface area contributed by atoms with Gasteiger partial charge in [-0.3, -0.25) is 4.79 Å². The number of fused-ring (bicyclic) bond motifs is 1. The fourth-order valence-corrected chi connectivity index (χ4v) is 3.96. The average molecular weight is 391 g/mol. The number of nitrogens with one attached hydrogen (secondary N) is 1. The summed E-state index contributed by atoms with van der Waals surface area (Å²) in [6.45, 7) is 3.88. The van der Waals surface area contributed by atoms with Crippen LogP contribution in [0.25, 0.3) is 10.9 Å². The lowest BCUT2D eigenvalue weighted by Crippen LogP contribution is -2.21. The Morgan fingerprint density at radius 2 is 1.86 bits per heavy atom. The normalized spacial score (nSPS) is 13.7. The molecule has 0 saturated carbocycles. The van der Waals surface area contributed by atoms with Crippen molar-refractivity contribution in [1.29, 1.82) is 0 Å². The molecule has 0 unspecified atom stereocenters. The van der Waals surface area contributed by atoms with E-state index >= 15 is 0 Å². The Morgan fingerprint density at radius 1 is 1.10 bits per heavy atom. The largest absolute Gasteiger partial charge is 0.452 e. The molecule has 6 nitrogen and oxygen atoms in total. The molecule has 0 spiro atoms. The van der Waals surface area contributed by atoms with E-state index in [-0.39, 0.29) is 12.5 Å². The zero-order valence-electron chi connectivity index (χ0n) is 16.8. The van der Waals surface area contributed by atoms with Crippen molar-refractivity contribution in [3.05, 3.63) is 59.8 Å². The lowest BCUT2D eigenvalue weighted by Gasteiger charge is -2.20. The topological polar surface area (TPSA) is 63.6 Å². The van der Waals surface area contributed by atoms with Gasteiger partial charge in [-0.2, -0.15) is 0 Å². The molecule has 1 aromatic heterocycles. The number of aryl methyl sites for hydroxylation is 2. The minimum atomic E-state index is -0.502. The maximum Gasteiger partial charge on any atom is 0.340 e. The van der Waals surface area contributed by atoms with Crippen molar-refractivity contribution in [2.24, 2.45) is 7.05 Å². The summed E-state index contributed by atoms with van der Waals surface area (Å²) in [5, 5.41) is 3.62. The summed E-state index contributed by atoms with van der Waals surface area (Å²) >= 11 is 0. The number of esters is 1. The van der Waals surface area contributed by atoms with E-state index in [4.69, 9.17) is 4.74 Å². The van der Waals surface area contributed by atoms with Crippen molar-refractivity contribution >= 4 is 34.2 Å². The Balaban J connectivity index is 1.37. The Hall–Kier alpha value is -3.28. The highest BCUT2D eigenvalue weighted by Crippen LogP contribution is 2.26. The van der Waals surface area contributed by atoms with Crippen LogP contribution < -0.4 is 10.2 Å². The summed E-state index contributed by atoms with van der Waals surface area (Å²) in [6, 6.07) is 13.5. The summed E-state index contributed by atoms with van der Waals surface area (Å²) in [6.07, 6.45) is 4.17. The van der Waals surface area contributed by atoms with Gasteiger partial charge in [0.2, 0.25) is 0 Å². The highest BCUT2D eigenvalue weighted by atomic mass is 16.5. The average Bonchev–Trinajstić information content (AvgIpc) is 3.35. The van der Waals surface area contributed by atoms with Crippen molar-refractivity contribution in [3.63, 3.8) is 0 Å². The fraction of sp³-hybridized carbons (Fsp3) is 0.304. The van der Waals surface area contributed by atoms with Crippen molar-refractivity contribution in [2.45, 2.75) is 19.8 Å². The molecule has 0 aliphatic carbocycles. The third-order valence-corrected chi connectivity index (χ3v) is 5.38. The number of para-hydroxylation sites is 1. The van der Waals surface area contributed by atoms with Crippen molar-refractivity contribution < 1.29 is 14.3 Å². The smallest absolute Gasteiger partial charge is 0.340 e. The van der Waals surface area contributed by atoms with E-state index in [1.165, 1.54) is 18.5 Å². The van der Waals surface area contributed by atoms with Gasteiger partial charge in [-0.05, 0) is 49.6 Å². The van der Waals surface area contributed by atoms with Crippen LogP contribution in [0.15, 0.2) is 48.7 Å². The lowest BCUT2D eigenvalue weighted by molar-refractivity contribution is -0.119. The number of hydrogen-bond acceptors (Lipinski definition) is 4. The molecular formula is C23H25N3O3. The van der Waals surface area contributed by atoms with E-state index in [2.05, 4.69) is 10.2 Å². The maximum atomic E-state index is 12.5. The highest BCUT2D eigenvalue weighted by molar-refractivity contribution is 6.05. The third kappa shape index (κ3) is 3.97. The zero-order chi connectivity index (χ0) is 20.4. The van der Waals surface area contributed by atoms with Crippen LogP contribution in [0.5, 0.6) is 0 Å². The van der Waals surface area contributed by atoms with Gasteiger partial charge in [0.25, 0.3) is 5.91 Å². The minimum absolute atomic E-state index is 0.324. The fourth-order valence-electron chi connectivity index (χ4n) is 3.96. The molecule has 1 N–H and O–H groups in total. The van der Waals surface area contributed by atoms with Crippen LogP contribution in [0, 0.1) is 6.92 Å². The molecule has 4 rings (SSSR count). The number of carbonyl (C=O) groups is 2. The maximum absolute atomic E-state index is 12.5. The number of ether oxygens (including phenoxy) is 1. The first-order chi connectivity index (χ1) is 14.0. The second-order valence-electron chi connectivity index (χ2n) is 7.49. The van der Waals surface area contributed by atoms with Gasteiger partial charge in [0.1, 0.15) is 0 Å². The summed E-state index contributed by atoms with van der Waals surface area (Å²) in [5.41, 5.74) is 4.44. The number of benzene rings is 2. The van der Waals surface area contributed by atoms with Crippen LogP contribution in [0.1, 0.15) is 28.8 Å². The van der Waals surface area contributed by atoms with E-state index < -0.39 is 5.97 Å². The predicted molar refractivity (Wildman–Crippen MR) is 114 cm³/mol. The molecule has 1 aliphatic heterocycles. The quantitative estimate of drug-likeness (QED) is 0.671. The standard InChI is InChI=1S/C23H25N3O3/c1-16-13-17(9-10-20(16)26-11-5-6-12-26)24-22(27)15-29-23(28)19-14-25(2)21-8-4-3-7-18(19)21/h3-4,7-10,13-14H,5-6,11-12,15H2,1-2H3,(H,24,27). The zero-order valence-corrected chi connectivity index (χ0v) is 16.8. The predicted octanol–water partition coefficient (Wildman–Crippen LogP) is 3.88. The molecule has 0 bridgehead atoms. The van der Waals surface area contributed by atoms with Crippen molar-refractivity contribution in [1.82, 2.24) is 4.57 Å². The molecule has 1 saturated heterocycles. The second kappa shape index (κ2) is 7.99. The number of carbonyl (C=O) groups excluding carboxylic acids is 2. The number of aromatic nitrogens is 1. The van der Waals surface area contributed by atoms with Gasteiger partial charge in [-0.25, -0.2) is 4.79 Å². The molecule has 1 aliphatic rings. The molecule has 150 valence electrons. The molecule has 29 heavy (non-hydrogen) atoms. The molecule has 3 aromatic rings. The molecule has 2 aromatic carbocycles. The Morgan fingerprint density at radius 3 is 2.62 bits per heavy atom. The monoisotopic (exact) mass is 391 g/mol. The van der Waals surface area contributed by atoms with E-state index in [9.17, 15) is 9.59 Å². The number of hydrogen-bond donors (Lipinski definition) is 1. The Kier molecular flexibility index (Phi) is 5.25. The highest BCUT2D eigenvalue weighted by Gasteiger charge is 2.17. The summed E-state index contributed by atoms with van der Waals surface area (Å²) in [7, 11) is 1.87. The number of anilines is 2. The SMILES string of the molecule is Cc1cc(NC(=O)COC(=O)c2cn(C)c3ccccc23)ccc1N1CCCC1. The molecule has 1 amide bonds. The Bertz CT molecular complexity index is 1060. The van der Waals surface area contributed by atoms with Gasteiger partial charge >= 0.3 is 5.97 Å². The van der Waals surface area contributed by atoms with Gasteiger partial charge < -0.3 is 19.5 Å². The number of amides is 1. The van der Waals surface area contributed by atoms with Gasteiger partial charge in [0.15, 0.2) is 6.61 Å². The van der Waals surface area contributed by atoms with Crippen LogP contribution in [0.4, 0.5) is 11.4 Å². The number of nitrogens with zero attached hydrogens (tertiary/aromatic N) is 2. The van der Waals surface area contributed by atoms with E-state index in [0.29, 0.717) is 11.3 Å². The third-order valence-electron chi connectivity index (χ3n) is 5.38. The number of rotatable bonds is 5. The summed E-state index contributed by atoms with van der Waals surface area (Å²) in [5.74, 6) is -0.857. The van der Waals surface area contributed by atoms with Crippen molar-refractivity contribution in [3.8, 4) is 0 Å². The molecule has 2 heterocycles.